The van der Waals surface area contributed by atoms with Gasteiger partial charge in [0.15, 0.2) is 0 Å². The van der Waals surface area contributed by atoms with Crippen LogP contribution in [0.25, 0.3) is 0 Å². The van der Waals surface area contributed by atoms with Crippen LogP contribution in [0.3, 0.4) is 0 Å². The minimum Gasteiger partial charge on any atom is -0.507 e. The van der Waals surface area contributed by atoms with Crippen LogP contribution in [0.4, 0.5) is 0 Å². The summed E-state index contributed by atoms with van der Waals surface area (Å²) in [5.41, 5.74) is 1.99. The first-order valence-corrected chi connectivity index (χ1v) is 10.5. The summed E-state index contributed by atoms with van der Waals surface area (Å²) in [6, 6.07) is 6.66. The van der Waals surface area contributed by atoms with Crippen molar-refractivity contribution in [3.63, 3.8) is 0 Å². The van der Waals surface area contributed by atoms with E-state index >= 15 is 0 Å². The third-order valence-corrected chi connectivity index (χ3v) is 6.99. The Morgan fingerprint density at radius 1 is 1.14 bits per heavy atom. The number of fused-ring (bicyclic) bond motifs is 2. The van der Waals surface area contributed by atoms with Crippen molar-refractivity contribution >= 4 is 11.8 Å². The molecule has 7 heteroatoms. The summed E-state index contributed by atoms with van der Waals surface area (Å²) in [5.74, 6) is 0.249. The number of para-hydroxylation sites is 1. The molecule has 1 saturated carbocycles. The SMILES string of the molecule is O=C(c1ccccc1O)N1CCC2(CC1)c1nc[nH]c1CCN2C(=O)C1CCC1. The number of aromatic nitrogens is 2. The number of amides is 2. The first-order chi connectivity index (χ1) is 14.1. The molecule has 3 aliphatic rings. The number of rotatable bonds is 2. The molecule has 29 heavy (non-hydrogen) atoms. The fraction of sp³-hybridized carbons (Fsp3) is 0.500. The first-order valence-electron chi connectivity index (χ1n) is 10.5. The zero-order chi connectivity index (χ0) is 20.0. The molecular formula is C22H26N4O3. The van der Waals surface area contributed by atoms with E-state index in [0.717, 1.165) is 37.1 Å². The molecule has 2 aliphatic heterocycles. The Hall–Kier alpha value is -2.83. The lowest BCUT2D eigenvalue weighted by atomic mass is 9.76. The summed E-state index contributed by atoms with van der Waals surface area (Å²) in [6.45, 7) is 1.78. The summed E-state index contributed by atoms with van der Waals surface area (Å²) in [5, 5.41) is 10.1. The molecule has 152 valence electrons. The number of nitrogens with zero attached hydrogens (tertiary/aromatic N) is 3. The molecule has 0 atom stereocenters. The van der Waals surface area contributed by atoms with Crippen LogP contribution in [0.5, 0.6) is 5.75 Å². The third kappa shape index (κ3) is 2.82. The number of likely N-dealkylation sites (tertiary alicyclic amines) is 1. The highest BCUT2D eigenvalue weighted by Gasteiger charge is 2.50. The van der Waals surface area contributed by atoms with E-state index in [9.17, 15) is 14.7 Å². The number of carbonyl (C=O) groups is 2. The number of benzene rings is 1. The number of nitrogens with one attached hydrogen (secondary N) is 1. The Morgan fingerprint density at radius 2 is 1.90 bits per heavy atom. The van der Waals surface area contributed by atoms with Gasteiger partial charge in [-0.3, -0.25) is 9.59 Å². The predicted molar refractivity (Wildman–Crippen MR) is 106 cm³/mol. The summed E-state index contributed by atoms with van der Waals surface area (Å²) in [7, 11) is 0. The predicted octanol–water partition coefficient (Wildman–Crippen LogP) is 2.43. The van der Waals surface area contributed by atoms with Crippen LogP contribution in [0.1, 0.15) is 53.8 Å². The highest BCUT2D eigenvalue weighted by atomic mass is 16.3. The quantitative estimate of drug-likeness (QED) is 0.819. The molecule has 1 saturated heterocycles. The van der Waals surface area contributed by atoms with Crippen LogP contribution in [-0.2, 0) is 16.8 Å². The Kier molecular flexibility index (Phi) is 4.33. The van der Waals surface area contributed by atoms with Gasteiger partial charge in [0, 0.05) is 37.7 Å². The lowest BCUT2D eigenvalue weighted by Crippen LogP contribution is -2.60. The van der Waals surface area contributed by atoms with Crippen LogP contribution < -0.4 is 0 Å². The van der Waals surface area contributed by atoms with Gasteiger partial charge in [-0.25, -0.2) is 4.98 Å². The lowest BCUT2D eigenvalue weighted by Gasteiger charge is -2.51. The van der Waals surface area contributed by atoms with E-state index in [-0.39, 0.29) is 23.5 Å². The maximum atomic E-state index is 13.2. The number of hydrogen-bond donors (Lipinski definition) is 2. The lowest BCUT2D eigenvalue weighted by molar-refractivity contribution is -0.148. The second kappa shape index (κ2) is 6.90. The first kappa shape index (κ1) is 18.2. The van der Waals surface area contributed by atoms with Crippen molar-refractivity contribution in [2.45, 2.75) is 44.1 Å². The maximum Gasteiger partial charge on any atom is 0.257 e. The van der Waals surface area contributed by atoms with Gasteiger partial charge < -0.3 is 19.9 Å². The van der Waals surface area contributed by atoms with Gasteiger partial charge in [-0.05, 0) is 37.8 Å². The Labute approximate surface area is 169 Å². The van der Waals surface area contributed by atoms with Crippen molar-refractivity contribution < 1.29 is 14.7 Å². The van der Waals surface area contributed by atoms with Gasteiger partial charge in [0.25, 0.3) is 5.91 Å². The molecular weight excluding hydrogens is 368 g/mol. The van der Waals surface area contributed by atoms with Crippen molar-refractivity contribution in [1.29, 1.82) is 0 Å². The van der Waals surface area contributed by atoms with Gasteiger partial charge in [0.05, 0.1) is 23.1 Å². The number of H-pyrrole nitrogens is 1. The molecule has 1 aliphatic carbocycles. The molecule has 0 bridgehead atoms. The molecule has 2 fully saturated rings. The van der Waals surface area contributed by atoms with Crippen molar-refractivity contribution in [2.75, 3.05) is 19.6 Å². The Balaban J connectivity index is 1.41. The molecule has 2 amide bonds. The average molecular weight is 394 g/mol. The van der Waals surface area contributed by atoms with Crippen LogP contribution in [-0.4, -0.2) is 56.3 Å². The van der Waals surface area contributed by atoms with Crippen LogP contribution >= 0.6 is 0 Å². The van der Waals surface area contributed by atoms with E-state index in [0.29, 0.717) is 38.0 Å². The van der Waals surface area contributed by atoms with Crippen molar-refractivity contribution in [1.82, 2.24) is 19.8 Å². The number of hydrogen-bond acceptors (Lipinski definition) is 4. The Morgan fingerprint density at radius 3 is 2.59 bits per heavy atom. The highest BCUT2D eigenvalue weighted by molar-refractivity contribution is 5.96. The van der Waals surface area contributed by atoms with E-state index in [1.807, 2.05) is 0 Å². The normalized spacial score (nSPS) is 21.0. The molecule has 2 aromatic rings. The fourth-order valence-electron chi connectivity index (χ4n) is 5.09. The van der Waals surface area contributed by atoms with Crippen molar-refractivity contribution in [2.24, 2.45) is 5.92 Å². The zero-order valence-corrected chi connectivity index (χ0v) is 16.4. The molecule has 5 rings (SSSR count). The van der Waals surface area contributed by atoms with Crippen molar-refractivity contribution in [3.05, 3.63) is 47.5 Å². The molecule has 1 spiro atoms. The minimum atomic E-state index is -0.435. The largest absolute Gasteiger partial charge is 0.507 e. The second-order valence-corrected chi connectivity index (χ2v) is 8.44. The van der Waals surface area contributed by atoms with E-state index in [4.69, 9.17) is 0 Å². The van der Waals surface area contributed by atoms with E-state index in [1.165, 1.54) is 6.07 Å². The molecule has 0 unspecified atom stereocenters. The summed E-state index contributed by atoms with van der Waals surface area (Å²) in [4.78, 5) is 37.9. The molecule has 2 N–H and O–H groups in total. The number of imidazole rings is 1. The van der Waals surface area contributed by atoms with Gasteiger partial charge in [-0.1, -0.05) is 18.6 Å². The summed E-state index contributed by atoms with van der Waals surface area (Å²) >= 11 is 0. The number of carbonyl (C=O) groups excluding carboxylic acids is 2. The summed E-state index contributed by atoms with van der Waals surface area (Å²) < 4.78 is 0. The molecule has 1 aromatic carbocycles. The van der Waals surface area contributed by atoms with Crippen LogP contribution in [0.15, 0.2) is 30.6 Å². The van der Waals surface area contributed by atoms with Crippen LogP contribution in [0, 0.1) is 5.92 Å². The van der Waals surface area contributed by atoms with Crippen molar-refractivity contribution in [3.8, 4) is 5.75 Å². The highest BCUT2D eigenvalue weighted by Crippen LogP contribution is 2.44. The van der Waals surface area contributed by atoms with Gasteiger partial charge in [-0.2, -0.15) is 0 Å². The average Bonchev–Trinajstić information content (AvgIpc) is 3.17. The monoisotopic (exact) mass is 394 g/mol. The van der Waals surface area contributed by atoms with E-state index in [2.05, 4.69) is 14.9 Å². The summed E-state index contributed by atoms with van der Waals surface area (Å²) in [6.07, 6.45) is 6.96. The number of phenolic OH excluding ortho intramolecular Hbond substituents is 1. The van der Waals surface area contributed by atoms with E-state index in [1.54, 1.807) is 29.4 Å². The second-order valence-electron chi connectivity index (χ2n) is 8.44. The Bertz CT molecular complexity index is 941. The third-order valence-electron chi connectivity index (χ3n) is 6.99. The minimum absolute atomic E-state index is 0.00632. The van der Waals surface area contributed by atoms with Gasteiger partial charge in [0.1, 0.15) is 5.75 Å². The fourth-order valence-corrected chi connectivity index (χ4v) is 5.09. The smallest absolute Gasteiger partial charge is 0.257 e. The molecule has 7 nitrogen and oxygen atoms in total. The standard InChI is InChI=1S/C22H26N4O3/c27-18-7-2-1-6-16(18)21(29)25-12-9-22(10-13-25)19-17(23-14-24-19)8-11-26(22)20(28)15-4-3-5-15/h1-2,6-7,14-15,27H,3-5,8-13H2,(H,23,24). The topological polar surface area (TPSA) is 89.5 Å². The maximum absolute atomic E-state index is 13.2. The van der Waals surface area contributed by atoms with E-state index < -0.39 is 5.54 Å². The molecule has 3 heterocycles. The number of piperidine rings is 1. The molecule has 1 aromatic heterocycles. The number of aromatic amines is 1. The van der Waals surface area contributed by atoms with Gasteiger partial charge in [0.2, 0.25) is 5.91 Å². The number of phenols is 1. The van der Waals surface area contributed by atoms with Gasteiger partial charge >= 0.3 is 0 Å². The molecule has 0 radical (unpaired) electrons. The number of aromatic hydroxyl groups is 1. The van der Waals surface area contributed by atoms with Crippen LogP contribution in [0.2, 0.25) is 0 Å². The zero-order valence-electron chi connectivity index (χ0n) is 16.4. The van der Waals surface area contributed by atoms with Gasteiger partial charge in [-0.15, -0.1) is 0 Å².